The smallest absolute Gasteiger partial charge is 0.416 e. The predicted molar refractivity (Wildman–Crippen MR) is 83.7 cm³/mol. The molecule has 0 aliphatic carbocycles. The third-order valence-corrected chi connectivity index (χ3v) is 4.51. The molecule has 0 spiro atoms. The van der Waals surface area contributed by atoms with Gasteiger partial charge in [-0.3, -0.25) is 0 Å². The van der Waals surface area contributed by atoms with Gasteiger partial charge in [-0.2, -0.15) is 13.2 Å². The van der Waals surface area contributed by atoms with Crippen LogP contribution in [0.25, 0.3) is 0 Å². The van der Waals surface area contributed by atoms with E-state index in [9.17, 15) is 18.0 Å². The van der Waals surface area contributed by atoms with Gasteiger partial charge in [0.25, 0.3) is 0 Å². The zero-order chi connectivity index (χ0) is 17.5. The van der Waals surface area contributed by atoms with Crippen LogP contribution in [0.2, 0.25) is 0 Å². The monoisotopic (exact) mass is 355 g/mol. The molecule has 0 N–H and O–H groups in total. The number of halogens is 4. The van der Waals surface area contributed by atoms with Gasteiger partial charge in [-0.05, 0) is 29.8 Å². The van der Waals surface area contributed by atoms with Crippen LogP contribution in [-0.2, 0) is 15.7 Å². The Balaban J connectivity index is 1.97. The molecule has 0 bridgehead atoms. The number of alkyl halides is 4. The molecule has 2 atom stereocenters. The highest BCUT2D eigenvalue weighted by Crippen LogP contribution is 2.59. The van der Waals surface area contributed by atoms with Crippen LogP contribution in [0.3, 0.4) is 0 Å². The molecule has 7 heteroatoms. The molecule has 1 aliphatic rings. The number of rotatable bonds is 3. The molecular weight excluding hydrogens is 343 g/mol. The molecule has 1 saturated heterocycles. The lowest BCUT2D eigenvalue weighted by atomic mass is 10.1. The molecular formula is C17H13ClF3NO2. The van der Waals surface area contributed by atoms with Gasteiger partial charge >= 0.3 is 12.1 Å². The number of ether oxygens (including phenoxy) is 1. The van der Waals surface area contributed by atoms with E-state index in [0.717, 1.165) is 12.1 Å². The molecule has 2 aromatic carbocycles. The molecule has 0 aromatic heterocycles. The third kappa shape index (κ3) is 2.60. The highest BCUT2D eigenvalue weighted by molar-refractivity contribution is 6.40. The number of para-hydroxylation sites is 1. The molecule has 2 aromatic rings. The average molecular weight is 356 g/mol. The van der Waals surface area contributed by atoms with E-state index in [0.29, 0.717) is 11.3 Å². The summed E-state index contributed by atoms with van der Waals surface area (Å²) in [6, 6.07) is 12.9. The van der Waals surface area contributed by atoms with Crippen LogP contribution in [0.15, 0.2) is 54.6 Å². The number of benzene rings is 2. The number of anilines is 1. The molecule has 126 valence electrons. The molecule has 3 nitrogen and oxygen atoms in total. The van der Waals surface area contributed by atoms with Gasteiger partial charge in [-0.1, -0.05) is 41.9 Å². The Labute approximate surface area is 141 Å². The third-order valence-electron chi connectivity index (χ3n) is 3.96. The number of carbonyl (C=O) groups excluding carboxylic acids is 1. The zero-order valence-electron chi connectivity index (χ0n) is 12.5. The molecule has 0 unspecified atom stereocenters. The Kier molecular flexibility index (Phi) is 3.95. The Morgan fingerprint density at radius 1 is 1.12 bits per heavy atom. The summed E-state index contributed by atoms with van der Waals surface area (Å²) in [7, 11) is 1.22. The molecule has 1 aliphatic heterocycles. The first-order chi connectivity index (χ1) is 11.3. The minimum absolute atomic E-state index is 0.507. The van der Waals surface area contributed by atoms with Crippen molar-refractivity contribution >= 4 is 23.3 Å². The summed E-state index contributed by atoms with van der Waals surface area (Å²) >= 11 is 6.45. The summed E-state index contributed by atoms with van der Waals surface area (Å²) in [6.07, 6.45) is -4.42. The first-order valence-electron chi connectivity index (χ1n) is 7.09. The second-order valence-corrected chi connectivity index (χ2v) is 5.97. The van der Waals surface area contributed by atoms with Gasteiger partial charge in [0.15, 0.2) is 0 Å². The van der Waals surface area contributed by atoms with Gasteiger partial charge < -0.3 is 9.64 Å². The Hall–Kier alpha value is -2.21. The van der Waals surface area contributed by atoms with Crippen molar-refractivity contribution in [3.05, 3.63) is 65.7 Å². The van der Waals surface area contributed by atoms with Gasteiger partial charge in [-0.15, -0.1) is 0 Å². The Bertz CT molecular complexity index is 749. The minimum atomic E-state index is -4.42. The minimum Gasteiger partial charge on any atom is -0.466 e. The van der Waals surface area contributed by atoms with E-state index in [1.165, 1.54) is 19.2 Å². The van der Waals surface area contributed by atoms with E-state index in [2.05, 4.69) is 0 Å². The summed E-state index contributed by atoms with van der Waals surface area (Å²) in [6.45, 7) is 0. The molecule has 1 fully saturated rings. The van der Waals surface area contributed by atoms with Gasteiger partial charge in [0.05, 0.1) is 12.7 Å². The van der Waals surface area contributed by atoms with Crippen LogP contribution in [0.4, 0.5) is 18.9 Å². The summed E-state index contributed by atoms with van der Waals surface area (Å²) in [4.78, 5) is 12.3. The van der Waals surface area contributed by atoms with Crippen molar-refractivity contribution in [2.45, 2.75) is 17.2 Å². The lowest BCUT2D eigenvalue weighted by Crippen LogP contribution is -2.24. The van der Waals surface area contributed by atoms with E-state index in [4.69, 9.17) is 16.3 Å². The normalized spacial score (nSPS) is 23.0. The zero-order valence-corrected chi connectivity index (χ0v) is 13.3. The Morgan fingerprint density at radius 2 is 1.71 bits per heavy atom. The van der Waals surface area contributed by atoms with E-state index < -0.39 is 28.7 Å². The van der Waals surface area contributed by atoms with Crippen LogP contribution in [0, 0.1) is 0 Å². The van der Waals surface area contributed by atoms with Gasteiger partial charge in [0, 0.05) is 5.69 Å². The summed E-state index contributed by atoms with van der Waals surface area (Å²) in [5, 5.41) is 0. The largest absolute Gasteiger partial charge is 0.466 e. The summed E-state index contributed by atoms with van der Waals surface area (Å²) < 4.78 is 42.9. The van der Waals surface area contributed by atoms with Crippen LogP contribution >= 0.6 is 11.6 Å². The van der Waals surface area contributed by atoms with Crippen LogP contribution < -0.4 is 4.90 Å². The molecule has 24 heavy (non-hydrogen) atoms. The number of hydrogen-bond acceptors (Lipinski definition) is 3. The number of hydrogen-bond donors (Lipinski definition) is 0. The quantitative estimate of drug-likeness (QED) is 0.354. The van der Waals surface area contributed by atoms with Crippen molar-refractivity contribution in [1.29, 1.82) is 0 Å². The lowest BCUT2D eigenvalue weighted by Gasteiger charge is -2.08. The number of carbonyl (C=O) groups is 1. The lowest BCUT2D eigenvalue weighted by molar-refractivity contribution is -0.141. The van der Waals surface area contributed by atoms with Gasteiger partial charge in [0.2, 0.25) is 5.00 Å². The number of nitrogens with zero attached hydrogens (tertiary/aromatic N) is 1. The van der Waals surface area contributed by atoms with E-state index >= 15 is 0 Å². The number of methoxy groups -OCH3 is 1. The topological polar surface area (TPSA) is 29.3 Å². The maximum absolute atomic E-state index is 12.7. The molecule has 1 heterocycles. The molecule has 0 amide bonds. The van der Waals surface area contributed by atoms with Gasteiger partial charge in [-0.25, -0.2) is 4.79 Å². The SMILES string of the molecule is COC(=O)[C@@]1(Cl)[C@H](c2ccc(C(F)(F)F)cc2)N1c1ccccc1. The standard InChI is InChI=1S/C17H13ClF3NO2/c1-24-15(23)16(18)14(22(16)13-5-3-2-4-6-13)11-7-9-12(10-8-11)17(19,20)21/h2-10,14H,1H3/t14-,16+,22?/m0/s1. The fourth-order valence-corrected chi connectivity index (χ4v) is 3.22. The van der Waals surface area contributed by atoms with Crippen molar-refractivity contribution in [3.63, 3.8) is 0 Å². The molecule has 0 saturated carbocycles. The molecule has 3 rings (SSSR count). The summed E-state index contributed by atoms with van der Waals surface area (Å²) in [5.41, 5.74) is 0.437. The fourth-order valence-electron chi connectivity index (χ4n) is 2.77. The predicted octanol–water partition coefficient (Wildman–Crippen LogP) is 4.37. The second kappa shape index (κ2) is 5.70. The van der Waals surface area contributed by atoms with E-state index in [1.807, 2.05) is 6.07 Å². The van der Waals surface area contributed by atoms with Crippen molar-refractivity contribution in [2.75, 3.05) is 12.0 Å². The van der Waals surface area contributed by atoms with E-state index in [1.54, 1.807) is 29.2 Å². The average Bonchev–Trinajstić information content (AvgIpc) is 3.21. The van der Waals surface area contributed by atoms with Crippen molar-refractivity contribution in [3.8, 4) is 0 Å². The number of esters is 1. The maximum Gasteiger partial charge on any atom is 0.416 e. The van der Waals surface area contributed by atoms with Crippen LogP contribution in [0.1, 0.15) is 17.2 Å². The second-order valence-electron chi connectivity index (χ2n) is 5.39. The highest BCUT2D eigenvalue weighted by atomic mass is 35.5. The van der Waals surface area contributed by atoms with E-state index in [-0.39, 0.29) is 0 Å². The first-order valence-corrected chi connectivity index (χ1v) is 7.47. The summed E-state index contributed by atoms with van der Waals surface area (Å²) in [5.74, 6) is -0.655. The maximum atomic E-state index is 12.7. The van der Waals surface area contributed by atoms with Crippen LogP contribution in [-0.4, -0.2) is 18.1 Å². The van der Waals surface area contributed by atoms with Gasteiger partial charge in [0.1, 0.15) is 6.04 Å². The highest BCUT2D eigenvalue weighted by Gasteiger charge is 2.69. The van der Waals surface area contributed by atoms with Crippen LogP contribution in [0.5, 0.6) is 0 Å². The van der Waals surface area contributed by atoms with Crippen molar-refractivity contribution in [2.24, 2.45) is 0 Å². The fraction of sp³-hybridized carbons (Fsp3) is 0.235. The van der Waals surface area contributed by atoms with Crippen molar-refractivity contribution in [1.82, 2.24) is 0 Å². The Morgan fingerprint density at radius 3 is 2.21 bits per heavy atom. The molecule has 0 radical (unpaired) electrons. The van der Waals surface area contributed by atoms with Crippen molar-refractivity contribution < 1.29 is 22.7 Å². The first kappa shape index (κ1) is 16.6.